The lowest BCUT2D eigenvalue weighted by atomic mass is 9.62. The molecule has 28 heavy (non-hydrogen) atoms. The van der Waals surface area contributed by atoms with Crippen molar-refractivity contribution >= 4 is 40.6 Å². The zero-order chi connectivity index (χ0) is 19.9. The molecule has 0 heterocycles. The molecule has 1 fully saturated rings. The van der Waals surface area contributed by atoms with E-state index in [0.717, 1.165) is 0 Å². The SMILES string of the molecule is O=C1CCC2C1=CC=CC2(C(=O)c1ccc(Cl)cc1)C(=O)c1ccc(Cl)cc1. The normalized spacial score (nSPS) is 19.9. The van der Waals surface area contributed by atoms with Gasteiger partial charge in [-0.3, -0.25) is 14.4 Å². The molecular weight excluding hydrogens is 395 g/mol. The Bertz CT molecular complexity index is 973. The molecule has 1 atom stereocenters. The fourth-order valence-electron chi connectivity index (χ4n) is 4.12. The minimum Gasteiger partial charge on any atom is -0.295 e. The van der Waals surface area contributed by atoms with Gasteiger partial charge < -0.3 is 0 Å². The van der Waals surface area contributed by atoms with Gasteiger partial charge in [-0.25, -0.2) is 0 Å². The molecule has 0 radical (unpaired) electrons. The maximum Gasteiger partial charge on any atom is 0.181 e. The van der Waals surface area contributed by atoms with E-state index in [4.69, 9.17) is 23.2 Å². The maximum atomic E-state index is 13.7. The molecule has 2 aromatic rings. The molecule has 0 spiro atoms. The number of fused-ring (bicyclic) bond motifs is 1. The van der Waals surface area contributed by atoms with Crippen molar-refractivity contribution in [1.82, 2.24) is 0 Å². The summed E-state index contributed by atoms with van der Waals surface area (Å²) in [6, 6.07) is 13.0. The Morgan fingerprint density at radius 1 is 0.857 bits per heavy atom. The van der Waals surface area contributed by atoms with Crippen LogP contribution >= 0.6 is 23.2 Å². The van der Waals surface area contributed by atoms with E-state index in [9.17, 15) is 14.4 Å². The summed E-state index contributed by atoms with van der Waals surface area (Å²) in [5.41, 5.74) is -0.140. The van der Waals surface area contributed by atoms with Gasteiger partial charge in [0.05, 0.1) is 0 Å². The highest BCUT2D eigenvalue weighted by Crippen LogP contribution is 2.49. The number of allylic oxidation sites excluding steroid dienone is 4. The van der Waals surface area contributed by atoms with Crippen molar-refractivity contribution < 1.29 is 14.4 Å². The second-order valence-electron chi connectivity index (χ2n) is 7.04. The average Bonchev–Trinajstić information content (AvgIpc) is 3.09. The lowest BCUT2D eigenvalue weighted by Crippen LogP contribution is -2.45. The van der Waals surface area contributed by atoms with E-state index >= 15 is 0 Å². The van der Waals surface area contributed by atoms with Gasteiger partial charge in [0.25, 0.3) is 0 Å². The summed E-state index contributed by atoms with van der Waals surface area (Å²) in [4.78, 5) is 39.7. The van der Waals surface area contributed by atoms with Crippen LogP contribution in [0.5, 0.6) is 0 Å². The van der Waals surface area contributed by atoms with E-state index in [0.29, 0.717) is 39.6 Å². The molecule has 0 bridgehead atoms. The fourth-order valence-corrected chi connectivity index (χ4v) is 4.37. The number of carbonyl (C=O) groups is 3. The van der Waals surface area contributed by atoms with E-state index in [1.807, 2.05) is 0 Å². The van der Waals surface area contributed by atoms with Crippen molar-refractivity contribution in [3.8, 4) is 0 Å². The first-order valence-electron chi connectivity index (χ1n) is 8.97. The summed E-state index contributed by atoms with van der Waals surface area (Å²) in [6.45, 7) is 0. The standard InChI is InChI=1S/C23H16Cl2O3/c24-16-7-3-14(4-8-16)21(27)23(22(28)15-5-9-17(25)10-6-15)13-1-2-18-19(23)11-12-20(18)26/h1-10,13,19H,11-12H2. The maximum absolute atomic E-state index is 13.7. The molecule has 140 valence electrons. The van der Waals surface area contributed by atoms with Crippen molar-refractivity contribution in [3.05, 3.63) is 93.5 Å². The van der Waals surface area contributed by atoms with E-state index in [1.54, 1.807) is 66.8 Å². The fraction of sp³-hybridized carbons (Fsp3) is 0.174. The molecule has 0 aromatic heterocycles. The van der Waals surface area contributed by atoms with Gasteiger partial charge in [-0.05, 0) is 60.5 Å². The Morgan fingerprint density at radius 2 is 1.36 bits per heavy atom. The quantitative estimate of drug-likeness (QED) is 0.492. The topological polar surface area (TPSA) is 51.2 Å². The molecule has 0 aliphatic heterocycles. The van der Waals surface area contributed by atoms with Crippen LogP contribution in [0.2, 0.25) is 10.0 Å². The lowest BCUT2D eigenvalue weighted by molar-refractivity contribution is -0.114. The number of ketones is 3. The van der Waals surface area contributed by atoms with Gasteiger partial charge in [0.2, 0.25) is 0 Å². The average molecular weight is 411 g/mol. The Kier molecular flexibility index (Phi) is 4.82. The van der Waals surface area contributed by atoms with Crippen LogP contribution in [0.15, 0.2) is 72.3 Å². The highest BCUT2D eigenvalue weighted by Gasteiger charge is 2.55. The summed E-state index contributed by atoms with van der Waals surface area (Å²) >= 11 is 11.9. The van der Waals surface area contributed by atoms with Gasteiger partial charge in [-0.1, -0.05) is 41.4 Å². The van der Waals surface area contributed by atoms with E-state index in [1.165, 1.54) is 0 Å². The molecule has 4 rings (SSSR count). The summed E-state index contributed by atoms with van der Waals surface area (Å²) in [5, 5.41) is 1.01. The molecule has 2 aromatic carbocycles. The van der Waals surface area contributed by atoms with Crippen molar-refractivity contribution in [2.24, 2.45) is 11.3 Å². The molecule has 2 aliphatic rings. The van der Waals surface area contributed by atoms with Crippen LogP contribution in [0.1, 0.15) is 33.6 Å². The van der Waals surface area contributed by atoms with Crippen LogP contribution in [-0.2, 0) is 4.79 Å². The van der Waals surface area contributed by atoms with Gasteiger partial charge in [0.1, 0.15) is 5.41 Å². The number of carbonyl (C=O) groups excluding carboxylic acids is 3. The summed E-state index contributed by atoms with van der Waals surface area (Å²) in [5.74, 6) is -1.14. The predicted octanol–water partition coefficient (Wildman–Crippen LogP) is 5.52. The number of rotatable bonds is 4. The van der Waals surface area contributed by atoms with Gasteiger partial charge >= 0.3 is 0 Å². The zero-order valence-electron chi connectivity index (χ0n) is 14.8. The van der Waals surface area contributed by atoms with Crippen molar-refractivity contribution in [2.45, 2.75) is 12.8 Å². The highest BCUT2D eigenvalue weighted by atomic mass is 35.5. The molecule has 2 aliphatic carbocycles. The predicted molar refractivity (Wildman–Crippen MR) is 109 cm³/mol. The van der Waals surface area contributed by atoms with E-state index < -0.39 is 11.3 Å². The number of halogens is 2. The van der Waals surface area contributed by atoms with Crippen molar-refractivity contribution in [3.63, 3.8) is 0 Å². The van der Waals surface area contributed by atoms with E-state index in [2.05, 4.69) is 0 Å². The van der Waals surface area contributed by atoms with Crippen LogP contribution in [0.4, 0.5) is 0 Å². The molecule has 1 unspecified atom stereocenters. The Labute approximate surface area is 172 Å². The third kappa shape index (κ3) is 2.95. The zero-order valence-corrected chi connectivity index (χ0v) is 16.3. The molecule has 0 amide bonds. The molecular formula is C23H16Cl2O3. The van der Waals surface area contributed by atoms with Crippen LogP contribution in [0, 0.1) is 11.3 Å². The molecule has 0 N–H and O–H groups in total. The van der Waals surface area contributed by atoms with Crippen LogP contribution in [0.3, 0.4) is 0 Å². The minimum absolute atomic E-state index is 0.00784. The van der Waals surface area contributed by atoms with E-state index in [-0.39, 0.29) is 17.3 Å². The first-order valence-corrected chi connectivity index (χ1v) is 9.72. The smallest absolute Gasteiger partial charge is 0.181 e. The third-order valence-electron chi connectivity index (χ3n) is 5.51. The number of Topliss-reactive ketones (excluding diaryl/α,β-unsaturated/α-hetero) is 3. The molecule has 5 heteroatoms. The Morgan fingerprint density at radius 3 is 1.86 bits per heavy atom. The lowest BCUT2D eigenvalue weighted by Gasteiger charge is -2.36. The van der Waals surface area contributed by atoms with Gasteiger partial charge in [-0.2, -0.15) is 0 Å². The van der Waals surface area contributed by atoms with Crippen LogP contribution in [-0.4, -0.2) is 17.3 Å². The van der Waals surface area contributed by atoms with Gasteiger partial charge in [-0.15, -0.1) is 0 Å². The Balaban J connectivity index is 1.87. The van der Waals surface area contributed by atoms with Crippen LogP contribution in [0.25, 0.3) is 0 Å². The minimum atomic E-state index is -1.46. The van der Waals surface area contributed by atoms with Crippen molar-refractivity contribution in [1.29, 1.82) is 0 Å². The second-order valence-corrected chi connectivity index (χ2v) is 7.91. The Hall–Kier alpha value is -2.49. The summed E-state index contributed by atoms with van der Waals surface area (Å²) in [6.07, 6.45) is 5.82. The van der Waals surface area contributed by atoms with Crippen LogP contribution < -0.4 is 0 Å². The third-order valence-corrected chi connectivity index (χ3v) is 6.01. The number of benzene rings is 2. The number of hydrogen-bond donors (Lipinski definition) is 0. The summed E-state index contributed by atoms with van der Waals surface area (Å²) < 4.78 is 0. The highest BCUT2D eigenvalue weighted by molar-refractivity contribution is 6.31. The largest absolute Gasteiger partial charge is 0.295 e. The second kappa shape index (κ2) is 7.16. The molecule has 1 saturated carbocycles. The molecule has 0 saturated heterocycles. The molecule has 3 nitrogen and oxygen atoms in total. The first-order chi connectivity index (χ1) is 13.4. The summed E-state index contributed by atoms with van der Waals surface area (Å²) in [7, 11) is 0. The van der Waals surface area contributed by atoms with Gasteiger partial charge in [0, 0.05) is 33.5 Å². The van der Waals surface area contributed by atoms with Gasteiger partial charge in [0.15, 0.2) is 17.3 Å². The van der Waals surface area contributed by atoms with Crippen molar-refractivity contribution in [2.75, 3.05) is 0 Å². The number of hydrogen-bond acceptors (Lipinski definition) is 3. The first kappa shape index (κ1) is 18.9. The monoisotopic (exact) mass is 410 g/mol.